The largest absolute Gasteiger partial charge is 0.356 e. The summed E-state index contributed by atoms with van der Waals surface area (Å²) in [7, 11) is -3.51. The Morgan fingerprint density at radius 1 is 1.33 bits per heavy atom. The third-order valence-electron chi connectivity index (χ3n) is 3.00. The van der Waals surface area contributed by atoms with Crippen LogP contribution in [0, 0.1) is 0 Å². The summed E-state index contributed by atoms with van der Waals surface area (Å²) >= 11 is 1.75. The number of rotatable bonds is 3. The molecule has 1 fully saturated rings. The van der Waals surface area contributed by atoms with Crippen LogP contribution in [0.15, 0.2) is 17.2 Å². The van der Waals surface area contributed by atoms with E-state index in [1.807, 2.05) is 20.8 Å². The summed E-state index contributed by atoms with van der Waals surface area (Å²) in [5, 5.41) is 2.80. The van der Waals surface area contributed by atoms with E-state index in [4.69, 9.17) is 0 Å². The minimum Gasteiger partial charge on any atom is -0.356 e. The number of aromatic amines is 1. The molecule has 0 radical (unpaired) electrons. The number of aromatic nitrogens is 1. The van der Waals surface area contributed by atoms with Crippen molar-refractivity contribution in [3.8, 4) is 0 Å². The minimum atomic E-state index is -3.51. The molecule has 1 aliphatic heterocycles. The van der Waals surface area contributed by atoms with E-state index in [9.17, 15) is 13.2 Å². The summed E-state index contributed by atoms with van der Waals surface area (Å²) in [5.41, 5.74) is -0.111. The van der Waals surface area contributed by atoms with Crippen LogP contribution in [0.3, 0.4) is 0 Å². The van der Waals surface area contributed by atoms with Gasteiger partial charge in [0, 0.05) is 36.3 Å². The average molecular weight is 331 g/mol. The Labute approximate surface area is 129 Å². The van der Waals surface area contributed by atoms with E-state index in [-0.39, 0.29) is 22.0 Å². The molecule has 0 bridgehead atoms. The normalized spacial score (nSPS) is 17.7. The highest BCUT2D eigenvalue weighted by atomic mass is 32.2. The van der Waals surface area contributed by atoms with E-state index in [1.54, 1.807) is 11.8 Å². The summed E-state index contributed by atoms with van der Waals surface area (Å²) in [6, 6.07) is 1.40. The maximum Gasteiger partial charge on any atom is 0.268 e. The molecule has 2 N–H and O–H groups in total. The first-order valence-electron chi connectivity index (χ1n) is 6.79. The minimum absolute atomic E-state index is 0.147. The molecule has 0 unspecified atom stereocenters. The van der Waals surface area contributed by atoms with Gasteiger partial charge in [0.15, 0.2) is 0 Å². The van der Waals surface area contributed by atoms with Gasteiger partial charge in [0.25, 0.3) is 5.91 Å². The predicted octanol–water partition coefficient (Wildman–Crippen LogP) is 1.28. The zero-order valence-corrected chi connectivity index (χ0v) is 14.1. The average Bonchev–Trinajstić information content (AvgIpc) is 2.88. The number of carbonyl (C=O) groups is 1. The van der Waals surface area contributed by atoms with Crippen LogP contribution in [-0.4, -0.2) is 53.7 Å². The molecular formula is C13H21N3O3S2. The van der Waals surface area contributed by atoms with Crippen LogP contribution in [0.1, 0.15) is 31.3 Å². The summed E-state index contributed by atoms with van der Waals surface area (Å²) in [6.07, 6.45) is 1.38. The van der Waals surface area contributed by atoms with Crippen molar-refractivity contribution < 1.29 is 13.2 Å². The van der Waals surface area contributed by atoms with E-state index in [2.05, 4.69) is 10.3 Å². The Kier molecular flexibility index (Phi) is 4.69. The number of hydrogen-bond donors (Lipinski definition) is 2. The number of hydrogen-bond acceptors (Lipinski definition) is 4. The number of nitrogens with zero attached hydrogens (tertiary/aromatic N) is 1. The molecule has 0 atom stereocenters. The molecule has 0 aliphatic carbocycles. The quantitative estimate of drug-likeness (QED) is 0.874. The van der Waals surface area contributed by atoms with Gasteiger partial charge < -0.3 is 10.3 Å². The van der Waals surface area contributed by atoms with Gasteiger partial charge in [-0.1, -0.05) is 0 Å². The van der Waals surface area contributed by atoms with Crippen LogP contribution in [0.25, 0.3) is 0 Å². The third-order valence-corrected chi connectivity index (χ3v) is 5.82. The molecule has 2 heterocycles. The first-order chi connectivity index (χ1) is 9.70. The van der Waals surface area contributed by atoms with Crippen molar-refractivity contribution in [3.05, 3.63) is 18.0 Å². The molecule has 1 aliphatic rings. The van der Waals surface area contributed by atoms with Crippen molar-refractivity contribution in [2.75, 3.05) is 24.6 Å². The van der Waals surface area contributed by atoms with Gasteiger partial charge in [-0.2, -0.15) is 16.1 Å². The molecule has 21 heavy (non-hydrogen) atoms. The third kappa shape index (κ3) is 4.02. The van der Waals surface area contributed by atoms with Gasteiger partial charge in [-0.25, -0.2) is 8.42 Å². The maximum atomic E-state index is 12.5. The molecule has 6 nitrogen and oxygen atoms in total. The Bertz CT molecular complexity index is 611. The molecule has 118 valence electrons. The van der Waals surface area contributed by atoms with Crippen LogP contribution in [0.2, 0.25) is 0 Å². The molecule has 2 rings (SSSR count). The van der Waals surface area contributed by atoms with Crippen molar-refractivity contribution in [3.63, 3.8) is 0 Å². The first-order valence-corrected chi connectivity index (χ1v) is 9.38. The summed E-state index contributed by atoms with van der Waals surface area (Å²) < 4.78 is 26.4. The molecule has 1 aromatic rings. The number of carbonyl (C=O) groups excluding carboxylic acids is 1. The second-order valence-electron chi connectivity index (χ2n) is 5.97. The zero-order chi connectivity index (χ0) is 15.7. The summed E-state index contributed by atoms with van der Waals surface area (Å²) in [6.45, 7) is 6.65. The molecule has 0 saturated carbocycles. The van der Waals surface area contributed by atoms with E-state index < -0.39 is 10.0 Å². The van der Waals surface area contributed by atoms with Crippen LogP contribution < -0.4 is 5.32 Å². The van der Waals surface area contributed by atoms with Gasteiger partial charge in [-0.3, -0.25) is 4.79 Å². The standard InChI is InChI=1S/C13H21N3O3S2/c1-13(2,3)15-12(17)11-8-10(9-14-11)21(18,19)16-4-6-20-7-5-16/h8-9,14H,4-7H2,1-3H3,(H,15,17). The van der Waals surface area contributed by atoms with Crippen molar-refractivity contribution in [1.82, 2.24) is 14.6 Å². The van der Waals surface area contributed by atoms with Crippen molar-refractivity contribution in [2.24, 2.45) is 0 Å². The predicted molar refractivity (Wildman–Crippen MR) is 84.1 cm³/mol. The number of sulfonamides is 1. The summed E-state index contributed by atoms with van der Waals surface area (Å²) in [4.78, 5) is 14.9. The van der Waals surface area contributed by atoms with Gasteiger partial charge in [0.05, 0.1) is 0 Å². The Morgan fingerprint density at radius 3 is 2.52 bits per heavy atom. The first kappa shape index (κ1) is 16.4. The second kappa shape index (κ2) is 6.02. The lowest BCUT2D eigenvalue weighted by molar-refractivity contribution is 0.0915. The lowest BCUT2D eigenvalue weighted by Gasteiger charge is -2.24. The molecule has 0 spiro atoms. The SMILES string of the molecule is CC(C)(C)NC(=O)c1cc(S(=O)(=O)N2CCSCC2)c[nH]1. The Balaban J connectivity index is 2.17. The van der Waals surface area contributed by atoms with E-state index in [0.29, 0.717) is 13.1 Å². The molecule has 1 aromatic heterocycles. The Morgan fingerprint density at radius 2 is 1.95 bits per heavy atom. The van der Waals surface area contributed by atoms with Gasteiger partial charge in [0.1, 0.15) is 10.6 Å². The molecule has 8 heteroatoms. The van der Waals surface area contributed by atoms with Crippen molar-refractivity contribution in [2.45, 2.75) is 31.2 Å². The summed E-state index contributed by atoms with van der Waals surface area (Å²) in [5.74, 6) is 1.31. The number of amides is 1. The number of thioether (sulfide) groups is 1. The molecular weight excluding hydrogens is 310 g/mol. The fraction of sp³-hybridized carbons (Fsp3) is 0.615. The monoisotopic (exact) mass is 331 g/mol. The van der Waals surface area contributed by atoms with Crippen LogP contribution >= 0.6 is 11.8 Å². The van der Waals surface area contributed by atoms with E-state index in [0.717, 1.165) is 11.5 Å². The maximum absolute atomic E-state index is 12.5. The zero-order valence-electron chi connectivity index (χ0n) is 12.5. The lowest BCUT2D eigenvalue weighted by Crippen LogP contribution is -2.40. The van der Waals surface area contributed by atoms with Crippen molar-refractivity contribution in [1.29, 1.82) is 0 Å². The van der Waals surface area contributed by atoms with Crippen LogP contribution in [0.4, 0.5) is 0 Å². The Hall–Kier alpha value is -0.990. The van der Waals surface area contributed by atoms with Gasteiger partial charge in [-0.15, -0.1) is 0 Å². The van der Waals surface area contributed by atoms with E-state index in [1.165, 1.54) is 16.6 Å². The highest BCUT2D eigenvalue weighted by Crippen LogP contribution is 2.21. The van der Waals surface area contributed by atoms with Crippen LogP contribution in [-0.2, 0) is 10.0 Å². The molecule has 1 saturated heterocycles. The fourth-order valence-corrected chi connectivity index (χ4v) is 4.57. The van der Waals surface area contributed by atoms with Crippen LogP contribution in [0.5, 0.6) is 0 Å². The highest BCUT2D eigenvalue weighted by Gasteiger charge is 2.28. The molecule has 1 amide bonds. The lowest BCUT2D eigenvalue weighted by atomic mass is 10.1. The smallest absolute Gasteiger partial charge is 0.268 e. The topological polar surface area (TPSA) is 82.3 Å². The van der Waals surface area contributed by atoms with Gasteiger partial charge in [-0.05, 0) is 26.8 Å². The van der Waals surface area contributed by atoms with Gasteiger partial charge >= 0.3 is 0 Å². The number of nitrogens with one attached hydrogen (secondary N) is 2. The van der Waals surface area contributed by atoms with Crippen molar-refractivity contribution >= 4 is 27.7 Å². The molecule has 0 aromatic carbocycles. The fourth-order valence-electron chi connectivity index (χ4n) is 2.00. The highest BCUT2D eigenvalue weighted by molar-refractivity contribution is 7.99. The van der Waals surface area contributed by atoms with E-state index >= 15 is 0 Å². The number of H-pyrrole nitrogens is 1. The van der Waals surface area contributed by atoms with Gasteiger partial charge in [0.2, 0.25) is 10.0 Å². The second-order valence-corrected chi connectivity index (χ2v) is 9.13.